The molecule has 4 aromatic rings. The molecule has 0 aliphatic carbocycles. The van der Waals surface area contributed by atoms with E-state index in [2.05, 4.69) is 12.1 Å². The summed E-state index contributed by atoms with van der Waals surface area (Å²) in [5.41, 5.74) is 3.03. The van der Waals surface area contributed by atoms with Gasteiger partial charge in [0.2, 0.25) is 5.91 Å². The summed E-state index contributed by atoms with van der Waals surface area (Å²) in [5.74, 6) is 0.798. The Morgan fingerprint density at radius 1 is 1.10 bits per heavy atom. The minimum Gasteiger partial charge on any atom is -0.337 e. The molecule has 0 saturated heterocycles. The SMILES string of the molecule is CC(=O)N1CCc2c(sc3nc(SCc4ccccc4)n(-c4ccccc4)c(=O)c23)C1. The van der Waals surface area contributed by atoms with Crippen LogP contribution in [0.4, 0.5) is 0 Å². The first-order chi connectivity index (χ1) is 15.1. The smallest absolute Gasteiger partial charge is 0.267 e. The molecule has 1 amide bonds. The lowest BCUT2D eigenvalue weighted by molar-refractivity contribution is -0.129. The largest absolute Gasteiger partial charge is 0.337 e. The molecule has 0 bridgehead atoms. The molecule has 2 aromatic heterocycles. The number of benzene rings is 2. The van der Waals surface area contributed by atoms with Crippen LogP contribution in [0.2, 0.25) is 0 Å². The molecule has 5 nitrogen and oxygen atoms in total. The van der Waals surface area contributed by atoms with Crippen molar-refractivity contribution in [2.24, 2.45) is 0 Å². The monoisotopic (exact) mass is 447 g/mol. The fourth-order valence-electron chi connectivity index (χ4n) is 3.92. The summed E-state index contributed by atoms with van der Waals surface area (Å²) in [7, 11) is 0. The number of rotatable bonds is 4. The van der Waals surface area contributed by atoms with Gasteiger partial charge in [-0.2, -0.15) is 0 Å². The zero-order valence-corrected chi connectivity index (χ0v) is 18.7. The molecular weight excluding hydrogens is 426 g/mol. The van der Waals surface area contributed by atoms with Gasteiger partial charge in [-0.3, -0.25) is 14.2 Å². The summed E-state index contributed by atoms with van der Waals surface area (Å²) in [6, 6.07) is 19.9. The van der Waals surface area contributed by atoms with Gasteiger partial charge in [-0.1, -0.05) is 60.3 Å². The Hall–Kier alpha value is -2.90. The Bertz CT molecular complexity index is 1310. The van der Waals surface area contributed by atoms with Crippen LogP contribution in [-0.2, 0) is 23.5 Å². The third kappa shape index (κ3) is 3.79. The van der Waals surface area contributed by atoms with Crippen molar-refractivity contribution in [1.82, 2.24) is 14.5 Å². The van der Waals surface area contributed by atoms with E-state index in [1.165, 1.54) is 5.56 Å². The van der Waals surface area contributed by atoms with Gasteiger partial charge >= 0.3 is 0 Å². The van der Waals surface area contributed by atoms with Gasteiger partial charge in [0.1, 0.15) is 4.83 Å². The molecule has 1 aliphatic heterocycles. The molecule has 0 fully saturated rings. The highest BCUT2D eigenvalue weighted by molar-refractivity contribution is 7.98. The van der Waals surface area contributed by atoms with Crippen LogP contribution in [0.15, 0.2) is 70.6 Å². The quantitative estimate of drug-likeness (QED) is 0.338. The van der Waals surface area contributed by atoms with Crippen LogP contribution in [0.25, 0.3) is 15.9 Å². The van der Waals surface area contributed by atoms with E-state index in [0.717, 1.165) is 26.7 Å². The highest BCUT2D eigenvalue weighted by atomic mass is 32.2. The Morgan fingerprint density at radius 3 is 2.52 bits per heavy atom. The Morgan fingerprint density at radius 2 is 1.81 bits per heavy atom. The van der Waals surface area contributed by atoms with E-state index in [4.69, 9.17) is 4.98 Å². The number of carbonyl (C=O) groups is 1. The molecular formula is C24H21N3O2S2. The van der Waals surface area contributed by atoms with Gasteiger partial charge < -0.3 is 4.90 Å². The molecule has 0 N–H and O–H groups in total. The fourth-order valence-corrected chi connectivity index (χ4v) is 6.16. The van der Waals surface area contributed by atoms with Crippen molar-refractivity contribution in [3.63, 3.8) is 0 Å². The fraction of sp³-hybridized carbons (Fsp3) is 0.208. The number of amides is 1. The van der Waals surface area contributed by atoms with E-state index in [0.29, 0.717) is 30.1 Å². The standard InChI is InChI=1S/C24H21N3O2S2/c1-16(28)26-13-12-19-20(14-26)31-22-21(19)23(29)27(18-10-6-3-7-11-18)24(25-22)30-15-17-8-4-2-5-9-17/h2-11H,12-15H2,1H3. The molecule has 1 aliphatic rings. The van der Waals surface area contributed by atoms with Crippen molar-refractivity contribution in [2.45, 2.75) is 30.8 Å². The molecule has 31 heavy (non-hydrogen) atoms. The maximum Gasteiger partial charge on any atom is 0.267 e. The normalized spacial score (nSPS) is 13.4. The van der Waals surface area contributed by atoms with Gasteiger partial charge in [0.05, 0.1) is 17.6 Å². The number of nitrogens with zero attached hydrogens (tertiary/aromatic N) is 3. The predicted molar refractivity (Wildman–Crippen MR) is 126 cm³/mol. The highest BCUT2D eigenvalue weighted by Gasteiger charge is 2.26. The summed E-state index contributed by atoms with van der Waals surface area (Å²) >= 11 is 3.11. The lowest BCUT2D eigenvalue weighted by Gasteiger charge is -2.25. The Labute approximate surface area is 188 Å². The van der Waals surface area contributed by atoms with E-state index in [1.54, 1.807) is 34.6 Å². The number of para-hydroxylation sites is 1. The predicted octanol–water partition coefficient (Wildman–Crippen LogP) is 4.64. The lowest BCUT2D eigenvalue weighted by Crippen LogP contribution is -2.34. The summed E-state index contributed by atoms with van der Waals surface area (Å²) in [4.78, 5) is 34.2. The van der Waals surface area contributed by atoms with Crippen molar-refractivity contribution in [2.75, 3.05) is 6.54 Å². The van der Waals surface area contributed by atoms with Crippen LogP contribution < -0.4 is 5.56 Å². The van der Waals surface area contributed by atoms with Gasteiger partial charge in [-0.05, 0) is 29.7 Å². The van der Waals surface area contributed by atoms with Crippen molar-refractivity contribution < 1.29 is 4.79 Å². The number of thioether (sulfide) groups is 1. The number of thiophene rings is 1. The summed E-state index contributed by atoms with van der Waals surface area (Å²) < 4.78 is 1.74. The number of fused-ring (bicyclic) bond motifs is 3. The number of aromatic nitrogens is 2. The number of hydrogen-bond donors (Lipinski definition) is 0. The third-order valence-corrected chi connectivity index (χ3v) is 7.63. The zero-order valence-electron chi connectivity index (χ0n) is 17.1. The van der Waals surface area contributed by atoms with Gasteiger partial charge in [-0.25, -0.2) is 4.98 Å². The molecule has 0 saturated carbocycles. The van der Waals surface area contributed by atoms with Crippen LogP contribution in [-0.4, -0.2) is 26.9 Å². The summed E-state index contributed by atoms with van der Waals surface area (Å²) in [6.07, 6.45) is 0.692. The van der Waals surface area contributed by atoms with Crippen molar-refractivity contribution in [1.29, 1.82) is 0 Å². The number of carbonyl (C=O) groups excluding carboxylic acids is 1. The lowest BCUT2D eigenvalue weighted by atomic mass is 10.1. The van der Waals surface area contributed by atoms with Crippen LogP contribution >= 0.6 is 23.1 Å². The first-order valence-electron chi connectivity index (χ1n) is 10.2. The molecule has 0 spiro atoms. The van der Waals surface area contributed by atoms with Crippen molar-refractivity contribution in [3.8, 4) is 5.69 Å². The van der Waals surface area contributed by atoms with E-state index >= 15 is 0 Å². The average molecular weight is 448 g/mol. The van der Waals surface area contributed by atoms with Gasteiger partial charge in [0.25, 0.3) is 5.56 Å². The highest BCUT2D eigenvalue weighted by Crippen LogP contribution is 2.34. The molecule has 7 heteroatoms. The maximum atomic E-state index is 13.7. The number of hydrogen-bond acceptors (Lipinski definition) is 5. The van der Waals surface area contributed by atoms with E-state index < -0.39 is 0 Å². The van der Waals surface area contributed by atoms with Crippen molar-refractivity contribution in [3.05, 3.63) is 87.0 Å². The van der Waals surface area contributed by atoms with Crippen LogP contribution in [0.1, 0.15) is 22.9 Å². The average Bonchev–Trinajstić information content (AvgIpc) is 3.16. The van der Waals surface area contributed by atoms with Crippen molar-refractivity contribution >= 4 is 39.2 Å². The third-order valence-electron chi connectivity index (χ3n) is 5.51. The van der Waals surface area contributed by atoms with Gasteiger partial charge in [0.15, 0.2) is 5.16 Å². The molecule has 0 radical (unpaired) electrons. The van der Waals surface area contributed by atoms with Gasteiger partial charge in [-0.15, -0.1) is 11.3 Å². The second-order valence-corrected chi connectivity index (χ2v) is 9.55. The minimum atomic E-state index is -0.0273. The minimum absolute atomic E-state index is 0.0273. The first-order valence-corrected chi connectivity index (χ1v) is 12.0. The molecule has 3 heterocycles. The topological polar surface area (TPSA) is 55.2 Å². The van der Waals surface area contributed by atoms with Crippen LogP contribution in [0, 0.1) is 0 Å². The van der Waals surface area contributed by atoms with E-state index in [1.807, 2.05) is 53.4 Å². The van der Waals surface area contributed by atoms with E-state index in [9.17, 15) is 9.59 Å². The summed E-state index contributed by atoms with van der Waals surface area (Å²) in [6.45, 7) is 2.80. The van der Waals surface area contributed by atoms with Crippen LogP contribution in [0.3, 0.4) is 0 Å². The summed E-state index contributed by atoms with van der Waals surface area (Å²) in [5, 5.41) is 1.39. The first kappa shape index (κ1) is 20.0. The van der Waals surface area contributed by atoms with Gasteiger partial charge in [0, 0.05) is 24.1 Å². The molecule has 0 unspecified atom stereocenters. The second kappa shape index (κ2) is 8.32. The molecule has 2 aromatic carbocycles. The Kier molecular flexibility index (Phi) is 5.38. The molecule has 156 valence electrons. The second-order valence-electron chi connectivity index (χ2n) is 7.52. The van der Waals surface area contributed by atoms with E-state index in [-0.39, 0.29) is 11.5 Å². The Balaban J connectivity index is 1.64. The molecule has 5 rings (SSSR count). The maximum absolute atomic E-state index is 13.7. The zero-order chi connectivity index (χ0) is 21.4. The molecule has 0 atom stereocenters. The van der Waals surface area contributed by atoms with Crippen LogP contribution in [0.5, 0.6) is 0 Å².